The fraction of sp³-hybridized carbons (Fsp3) is 0.500. The van der Waals surface area contributed by atoms with Gasteiger partial charge in [0.25, 0.3) is 5.91 Å². The van der Waals surface area contributed by atoms with Crippen molar-refractivity contribution in [2.75, 3.05) is 44.2 Å². The maximum Gasteiger partial charge on any atom is 0.256 e. The van der Waals surface area contributed by atoms with Gasteiger partial charge in [-0.05, 0) is 51.4 Å². The van der Waals surface area contributed by atoms with Gasteiger partial charge in [-0.1, -0.05) is 17.3 Å². The fourth-order valence-electron chi connectivity index (χ4n) is 3.45. The molecular weight excluding hydrogens is 328 g/mol. The van der Waals surface area contributed by atoms with Crippen LogP contribution in [0.3, 0.4) is 0 Å². The summed E-state index contributed by atoms with van der Waals surface area (Å²) < 4.78 is 5.05. The molecule has 0 unspecified atom stereocenters. The van der Waals surface area contributed by atoms with Crippen LogP contribution in [-0.2, 0) is 0 Å². The number of benzene rings is 1. The van der Waals surface area contributed by atoms with Gasteiger partial charge in [-0.25, -0.2) is 0 Å². The highest BCUT2D eigenvalue weighted by Crippen LogP contribution is 2.17. The lowest BCUT2D eigenvalue weighted by Crippen LogP contribution is -2.47. The second kappa shape index (κ2) is 8.36. The van der Waals surface area contributed by atoms with Crippen molar-refractivity contribution in [3.05, 3.63) is 46.8 Å². The first-order chi connectivity index (χ1) is 12.5. The molecule has 0 radical (unpaired) electrons. The monoisotopic (exact) mass is 356 g/mol. The summed E-state index contributed by atoms with van der Waals surface area (Å²) in [5.74, 6) is 0.484. The SMILES string of the molecule is Cc1cccc(N2CCN(CCCNC(=O)c3c(C)noc3C)CC2)c1. The minimum Gasteiger partial charge on any atom is -0.369 e. The van der Waals surface area contributed by atoms with E-state index in [-0.39, 0.29) is 5.91 Å². The normalized spacial score (nSPS) is 15.3. The maximum absolute atomic E-state index is 12.2. The molecule has 1 aliphatic heterocycles. The van der Waals surface area contributed by atoms with Gasteiger partial charge >= 0.3 is 0 Å². The molecule has 1 aliphatic rings. The number of piperazine rings is 1. The van der Waals surface area contributed by atoms with Crippen molar-refractivity contribution in [3.8, 4) is 0 Å². The average molecular weight is 356 g/mol. The summed E-state index contributed by atoms with van der Waals surface area (Å²) >= 11 is 0. The molecule has 2 aromatic rings. The van der Waals surface area contributed by atoms with E-state index in [9.17, 15) is 4.79 Å². The zero-order chi connectivity index (χ0) is 18.5. The molecule has 0 spiro atoms. The first kappa shape index (κ1) is 18.5. The Balaban J connectivity index is 1.37. The topological polar surface area (TPSA) is 61.6 Å². The van der Waals surface area contributed by atoms with Crippen molar-refractivity contribution in [1.82, 2.24) is 15.4 Å². The summed E-state index contributed by atoms with van der Waals surface area (Å²) in [6, 6.07) is 8.70. The first-order valence-electron chi connectivity index (χ1n) is 9.29. The molecule has 140 valence electrons. The van der Waals surface area contributed by atoms with E-state index in [1.54, 1.807) is 13.8 Å². The predicted octanol–water partition coefficient (Wildman–Crippen LogP) is 2.54. The number of aromatic nitrogens is 1. The van der Waals surface area contributed by atoms with Crippen molar-refractivity contribution in [2.24, 2.45) is 0 Å². The Labute approximate surface area is 155 Å². The summed E-state index contributed by atoms with van der Waals surface area (Å²) in [5.41, 5.74) is 3.83. The molecule has 3 rings (SSSR count). The molecule has 0 aliphatic carbocycles. The molecule has 1 N–H and O–H groups in total. The van der Waals surface area contributed by atoms with E-state index in [2.05, 4.69) is 51.5 Å². The highest BCUT2D eigenvalue weighted by molar-refractivity contribution is 5.96. The van der Waals surface area contributed by atoms with Crippen LogP contribution >= 0.6 is 0 Å². The summed E-state index contributed by atoms with van der Waals surface area (Å²) in [4.78, 5) is 17.1. The van der Waals surface area contributed by atoms with Gasteiger partial charge in [-0.15, -0.1) is 0 Å². The number of carbonyl (C=O) groups excluding carboxylic acids is 1. The van der Waals surface area contributed by atoms with Crippen LogP contribution in [-0.4, -0.2) is 55.2 Å². The number of hydrogen-bond donors (Lipinski definition) is 1. The molecule has 0 atom stereocenters. The second-order valence-electron chi connectivity index (χ2n) is 6.98. The molecule has 0 saturated carbocycles. The van der Waals surface area contributed by atoms with Crippen molar-refractivity contribution in [3.63, 3.8) is 0 Å². The largest absolute Gasteiger partial charge is 0.369 e. The summed E-state index contributed by atoms with van der Waals surface area (Å²) in [6.45, 7) is 11.6. The molecule has 6 heteroatoms. The molecule has 26 heavy (non-hydrogen) atoms. The molecule has 2 heterocycles. The van der Waals surface area contributed by atoms with Crippen LogP contribution < -0.4 is 10.2 Å². The number of nitrogens with zero attached hydrogens (tertiary/aromatic N) is 3. The Morgan fingerprint density at radius 3 is 2.62 bits per heavy atom. The maximum atomic E-state index is 12.2. The Kier molecular flexibility index (Phi) is 5.93. The highest BCUT2D eigenvalue weighted by Gasteiger charge is 2.18. The number of carbonyl (C=O) groups is 1. The Morgan fingerprint density at radius 2 is 1.96 bits per heavy atom. The third-order valence-corrected chi connectivity index (χ3v) is 4.94. The summed E-state index contributed by atoms with van der Waals surface area (Å²) in [7, 11) is 0. The number of hydrogen-bond acceptors (Lipinski definition) is 5. The number of amides is 1. The van der Waals surface area contributed by atoms with Crippen LogP contribution in [0.2, 0.25) is 0 Å². The van der Waals surface area contributed by atoms with Gasteiger partial charge < -0.3 is 14.7 Å². The van der Waals surface area contributed by atoms with Crippen LogP contribution in [0.4, 0.5) is 5.69 Å². The molecular formula is C20H28N4O2. The molecule has 1 amide bonds. The van der Waals surface area contributed by atoms with Gasteiger partial charge in [0.2, 0.25) is 0 Å². The lowest BCUT2D eigenvalue weighted by molar-refractivity contribution is 0.0949. The number of anilines is 1. The number of rotatable bonds is 6. The third-order valence-electron chi connectivity index (χ3n) is 4.94. The van der Waals surface area contributed by atoms with Crippen LogP contribution in [0.5, 0.6) is 0 Å². The lowest BCUT2D eigenvalue weighted by Gasteiger charge is -2.36. The molecule has 1 saturated heterocycles. The fourth-order valence-corrected chi connectivity index (χ4v) is 3.45. The average Bonchev–Trinajstić information content (AvgIpc) is 2.97. The molecule has 0 bridgehead atoms. The summed E-state index contributed by atoms with van der Waals surface area (Å²) in [6.07, 6.45) is 0.944. The Bertz CT molecular complexity index is 729. The predicted molar refractivity (Wildman–Crippen MR) is 103 cm³/mol. The smallest absolute Gasteiger partial charge is 0.256 e. The summed E-state index contributed by atoms with van der Waals surface area (Å²) in [5, 5.41) is 6.80. The standard InChI is InChI=1S/C20H28N4O2/c1-15-6-4-7-18(14-15)24-12-10-23(11-13-24)9-5-8-21-20(25)19-16(2)22-26-17(19)3/h4,6-7,14H,5,8-13H2,1-3H3,(H,21,25). The quantitative estimate of drug-likeness (QED) is 0.806. The number of nitrogens with one attached hydrogen (secondary N) is 1. The number of aryl methyl sites for hydroxylation is 3. The van der Waals surface area contributed by atoms with Gasteiger partial charge in [-0.2, -0.15) is 0 Å². The minimum atomic E-state index is -0.0921. The van der Waals surface area contributed by atoms with E-state index >= 15 is 0 Å². The second-order valence-corrected chi connectivity index (χ2v) is 6.98. The van der Waals surface area contributed by atoms with Crippen molar-refractivity contribution in [1.29, 1.82) is 0 Å². The van der Waals surface area contributed by atoms with Crippen LogP contribution in [0.15, 0.2) is 28.8 Å². The van der Waals surface area contributed by atoms with Gasteiger partial charge in [0.05, 0.1) is 5.69 Å². The van der Waals surface area contributed by atoms with Gasteiger partial charge in [0, 0.05) is 38.4 Å². The first-order valence-corrected chi connectivity index (χ1v) is 9.29. The van der Waals surface area contributed by atoms with E-state index in [0.29, 0.717) is 23.6 Å². The van der Waals surface area contributed by atoms with E-state index < -0.39 is 0 Å². The highest BCUT2D eigenvalue weighted by atomic mass is 16.5. The van der Waals surface area contributed by atoms with Crippen molar-refractivity contribution in [2.45, 2.75) is 27.2 Å². The lowest BCUT2D eigenvalue weighted by atomic mass is 10.2. The Morgan fingerprint density at radius 1 is 1.19 bits per heavy atom. The Hall–Kier alpha value is -2.34. The van der Waals surface area contributed by atoms with E-state index in [0.717, 1.165) is 39.1 Å². The van der Waals surface area contributed by atoms with Crippen molar-refractivity contribution >= 4 is 11.6 Å². The van der Waals surface area contributed by atoms with Gasteiger partial charge in [0.1, 0.15) is 11.3 Å². The third kappa shape index (κ3) is 4.43. The zero-order valence-electron chi connectivity index (χ0n) is 15.9. The van der Waals surface area contributed by atoms with E-state index in [1.165, 1.54) is 11.3 Å². The molecule has 6 nitrogen and oxygen atoms in total. The van der Waals surface area contributed by atoms with Gasteiger partial charge in [0.15, 0.2) is 0 Å². The molecule has 1 aromatic carbocycles. The van der Waals surface area contributed by atoms with Crippen LogP contribution in [0.1, 0.15) is 33.8 Å². The zero-order valence-corrected chi connectivity index (χ0v) is 15.9. The van der Waals surface area contributed by atoms with E-state index in [4.69, 9.17) is 4.52 Å². The van der Waals surface area contributed by atoms with Crippen LogP contribution in [0, 0.1) is 20.8 Å². The van der Waals surface area contributed by atoms with Gasteiger partial charge in [-0.3, -0.25) is 9.69 Å². The van der Waals surface area contributed by atoms with Crippen molar-refractivity contribution < 1.29 is 9.32 Å². The molecule has 1 aromatic heterocycles. The minimum absolute atomic E-state index is 0.0921. The van der Waals surface area contributed by atoms with E-state index in [1.807, 2.05) is 0 Å². The molecule has 1 fully saturated rings. The van der Waals surface area contributed by atoms with Crippen LogP contribution in [0.25, 0.3) is 0 Å².